The van der Waals surface area contributed by atoms with Crippen LogP contribution < -0.4 is 5.32 Å². The Balaban J connectivity index is 2.20. The number of aliphatic hydroxyl groups excluding tert-OH is 1. The molecule has 118 valence electrons. The molecule has 0 atom stereocenters. The van der Waals surface area contributed by atoms with Crippen LogP contribution in [0.15, 0.2) is 48.5 Å². The molecule has 0 saturated heterocycles. The van der Waals surface area contributed by atoms with Crippen LogP contribution in [0, 0.1) is 6.92 Å². The van der Waals surface area contributed by atoms with E-state index >= 15 is 0 Å². The van der Waals surface area contributed by atoms with Crippen molar-refractivity contribution in [3.63, 3.8) is 0 Å². The number of fused-ring (bicyclic) bond motifs is 1. The summed E-state index contributed by atoms with van der Waals surface area (Å²) in [7, 11) is 0. The summed E-state index contributed by atoms with van der Waals surface area (Å²) < 4.78 is 0. The van der Waals surface area contributed by atoms with Gasteiger partial charge in [-0.3, -0.25) is 0 Å². The average molecular weight is 307 g/mol. The van der Waals surface area contributed by atoms with E-state index in [4.69, 9.17) is 4.98 Å². The molecule has 3 rings (SSSR count). The van der Waals surface area contributed by atoms with E-state index in [9.17, 15) is 5.11 Å². The quantitative estimate of drug-likeness (QED) is 0.770. The first-order valence-corrected chi connectivity index (χ1v) is 7.71. The van der Waals surface area contributed by atoms with Gasteiger partial charge in [0.2, 0.25) is 5.95 Å². The molecule has 1 aromatic heterocycles. The Morgan fingerprint density at radius 2 is 1.78 bits per heavy atom. The molecule has 0 aliphatic heterocycles. The van der Waals surface area contributed by atoms with Crippen molar-refractivity contribution in [2.24, 2.45) is 0 Å². The molecule has 4 nitrogen and oxygen atoms in total. The van der Waals surface area contributed by atoms with Gasteiger partial charge in [0.25, 0.3) is 0 Å². The molecule has 2 N–H and O–H groups in total. The van der Waals surface area contributed by atoms with Gasteiger partial charge >= 0.3 is 0 Å². The summed E-state index contributed by atoms with van der Waals surface area (Å²) in [6.07, 6.45) is 0. The Labute approximate surface area is 136 Å². The molecule has 0 unspecified atom stereocenters. The van der Waals surface area contributed by atoms with E-state index in [1.165, 1.54) is 5.56 Å². The predicted molar refractivity (Wildman–Crippen MR) is 94.5 cm³/mol. The Morgan fingerprint density at radius 3 is 2.48 bits per heavy atom. The average Bonchev–Trinajstić information content (AvgIpc) is 2.55. The Kier molecular flexibility index (Phi) is 4.01. The van der Waals surface area contributed by atoms with Gasteiger partial charge in [-0.05, 0) is 32.9 Å². The highest BCUT2D eigenvalue weighted by molar-refractivity contribution is 5.93. The molecule has 3 aromatic rings. The summed E-state index contributed by atoms with van der Waals surface area (Å²) in [5, 5.41) is 13.7. The number of hydrogen-bond donors (Lipinski definition) is 2. The van der Waals surface area contributed by atoms with Crippen LogP contribution in [0.4, 0.5) is 5.95 Å². The number of nitrogens with one attached hydrogen (secondary N) is 1. The number of aryl methyl sites for hydroxylation is 1. The zero-order valence-electron chi connectivity index (χ0n) is 13.7. The van der Waals surface area contributed by atoms with E-state index in [1.54, 1.807) is 0 Å². The normalized spacial score (nSPS) is 11.7. The van der Waals surface area contributed by atoms with Crippen LogP contribution in [0.3, 0.4) is 0 Å². The number of hydrogen-bond acceptors (Lipinski definition) is 4. The number of benzene rings is 2. The summed E-state index contributed by atoms with van der Waals surface area (Å²) >= 11 is 0. The molecule has 0 amide bonds. The highest BCUT2D eigenvalue weighted by atomic mass is 16.3. The second kappa shape index (κ2) is 5.97. The third-order valence-corrected chi connectivity index (χ3v) is 3.74. The first-order chi connectivity index (χ1) is 11.0. The number of anilines is 1. The topological polar surface area (TPSA) is 58.0 Å². The first kappa shape index (κ1) is 15.4. The molecule has 23 heavy (non-hydrogen) atoms. The molecular formula is C19H21N3O. The van der Waals surface area contributed by atoms with E-state index in [0.29, 0.717) is 5.95 Å². The standard InChI is InChI=1S/C19H21N3O/c1-13-9-10-16-15(11-13)17(14-7-5-4-6-8-14)21-18(20-16)22-19(2,3)12-23/h4-11,23H,12H2,1-3H3,(H,20,21,22). The Morgan fingerprint density at radius 1 is 1.04 bits per heavy atom. The SMILES string of the molecule is Cc1ccc2nc(NC(C)(C)CO)nc(-c3ccccc3)c2c1. The second-order valence-electron chi connectivity index (χ2n) is 6.45. The van der Waals surface area contributed by atoms with Crippen molar-refractivity contribution in [3.05, 3.63) is 54.1 Å². The van der Waals surface area contributed by atoms with Gasteiger partial charge in [0.1, 0.15) is 0 Å². The van der Waals surface area contributed by atoms with Gasteiger partial charge in [0.15, 0.2) is 0 Å². The van der Waals surface area contributed by atoms with Gasteiger partial charge in [-0.2, -0.15) is 0 Å². The van der Waals surface area contributed by atoms with Crippen LogP contribution in [0.5, 0.6) is 0 Å². The maximum Gasteiger partial charge on any atom is 0.224 e. The van der Waals surface area contributed by atoms with Crippen molar-refractivity contribution in [3.8, 4) is 11.3 Å². The molecule has 4 heteroatoms. The van der Waals surface area contributed by atoms with Gasteiger partial charge in [-0.1, -0.05) is 42.0 Å². The van der Waals surface area contributed by atoms with Crippen molar-refractivity contribution in [1.82, 2.24) is 9.97 Å². The lowest BCUT2D eigenvalue weighted by Crippen LogP contribution is -2.35. The zero-order valence-corrected chi connectivity index (χ0v) is 13.7. The van der Waals surface area contributed by atoms with E-state index in [2.05, 4.69) is 23.3 Å². The molecule has 1 heterocycles. The Hall–Kier alpha value is -2.46. The second-order valence-corrected chi connectivity index (χ2v) is 6.45. The van der Waals surface area contributed by atoms with Crippen molar-refractivity contribution in [2.45, 2.75) is 26.3 Å². The van der Waals surface area contributed by atoms with Crippen molar-refractivity contribution in [2.75, 3.05) is 11.9 Å². The van der Waals surface area contributed by atoms with Crippen LogP contribution >= 0.6 is 0 Å². The van der Waals surface area contributed by atoms with Crippen molar-refractivity contribution >= 4 is 16.9 Å². The lowest BCUT2D eigenvalue weighted by atomic mass is 10.0. The van der Waals surface area contributed by atoms with Gasteiger partial charge < -0.3 is 10.4 Å². The van der Waals surface area contributed by atoms with Crippen molar-refractivity contribution < 1.29 is 5.11 Å². The summed E-state index contributed by atoms with van der Waals surface area (Å²) in [5.74, 6) is 0.527. The molecule has 0 fully saturated rings. The fraction of sp³-hybridized carbons (Fsp3) is 0.263. The summed E-state index contributed by atoms with van der Waals surface area (Å²) in [6.45, 7) is 5.90. The van der Waals surface area contributed by atoms with Crippen LogP contribution in [0.25, 0.3) is 22.2 Å². The maximum atomic E-state index is 9.47. The number of aliphatic hydroxyl groups is 1. The van der Waals surface area contributed by atoms with Crippen LogP contribution in [-0.4, -0.2) is 27.2 Å². The summed E-state index contributed by atoms with van der Waals surface area (Å²) in [5.41, 5.74) is 3.54. The van der Waals surface area contributed by atoms with Crippen LogP contribution in [-0.2, 0) is 0 Å². The van der Waals surface area contributed by atoms with E-state index in [-0.39, 0.29) is 6.61 Å². The minimum absolute atomic E-state index is 0.00294. The summed E-state index contributed by atoms with van der Waals surface area (Å²) in [6, 6.07) is 16.3. The van der Waals surface area contributed by atoms with Gasteiger partial charge in [0, 0.05) is 10.9 Å². The fourth-order valence-corrected chi connectivity index (χ4v) is 2.46. The highest BCUT2D eigenvalue weighted by Crippen LogP contribution is 2.28. The number of rotatable bonds is 4. The van der Waals surface area contributed by atoms with Crippen molar-refractivity contribution in [1.29, 1.82) is 0 Å². The molecule has 0 radical (unpaired) electrons. The molecule has 0 saturated carbocycles. The monoisotopic (exact) mass is 307 g/mol. The molecule has 0 spiro atoms. The number of nitrogens with zero attached hydrogens (tertiary/aromatic N) is 2. The van der Waals surface area contributed by atoms with Gasteiger partial charge in [0.05, 0.1) is 23.4 Å². The minimum atomic E-state index is -0.480. The molecular weight excluding hydrogens is 286 g/mol. The Bertz CT molecular complexity index is 829. The van der Waals surface area contributed by atoms with Gasteiger partial charge in [-0.25, -0.2) is 9.97 Å². The minimum Gasteiger partial charge on any atom is -0.394 e. The van der Waals surface area contributed by atoms with Crippen LogP contribution in [0.1, 0.15) is 19.4 Å². The predicted octanol–water partition coefficient (Wildman–Crippen LogP) is 3.79. The van der Waals surface area contributed by atoms with E-state index in [0.717, 1.165) is 22.2 Å². The largest absolute Gasteiger partial charge is 0.394 e. The van der Waals surface area contributed by atoms with E-state index in [1.807, 2.05) is 56.3 Å². The molecule has 0 aliphatic carbocycles. The fourth-order valence-electron chi connectivity index (χ4n) is 2.46. The summed E-state index contributed by atoms with van der Waals surface area (Å²) in [4.78, 5) is 9.31. The molecule has 0 bridgehead atoms. The van der Waals surface area contributed by atoms with E-state index < -0.39 is 5.54 Å². The molecule has 0 aliphatic rings. The van der Waals surface area contributed by atoms with Crippen LogP contribution in [0.2, 0.25) is 0 Å². The number of aromatic nitrogens is 2. The first-order valence-electron chi connectivity index (χ1n) is 7.71. The third kappa shape index (κ3) is 3.32. The highest BCUT2D eigenvalue weighted by Gasteiger charge is 2.19. The smallest absolute Gasteiger partial charge is 0.224 e. The zero-order chi connectivity index (χ0) is 16.4. The lowest BCUT2D eigenvalue weighted by molar-refractivity contribution is 0.233. The lowest BCUT2D eigenvalue weighted by Gasteiger charge is -2.24. The maximum absolute atomic E-state index is 9.47. The molecule has 2 aromatic carbocycles. The third-order valence-electron chi connectivity index (χ3n) is 3.74. The van der Waals surface area contributed by atoms with Gasteiger partial charge in [-0.15, -0.1) is 0 Å².